The number of likely N-dealkylation sites (tertiary alicyclic amines) is 1. The van der Waals surface area contributed by atoms with Gasteiger partial charge in [0.05, 0.1) is 17.5 Å². The van der Waals surface area contributed by atoms with Gasteiger partial charge in [-0.05, 0) is 75.7 Å². The van der Waals surface area contributed by atoms with E-state index >= 15 is 0 Å². The highest BCUT2D eigenvalue weighted by Gasteiger charge is 2.36. The van der Waals surface area contributed by atoms with Crippen LogP contribution in [0, 0.1) is 6.92 Å². The molecule has 0 unspecified atom stereocenters. The predicted molar refractivity (Wildman–Crippen MR) is 143 cm³/mol. The molecule has 0 saturated carbocycles. The number of nitrogens with zero attached hydrogens (tertiary/aromatic N) is 4. The van der Waals surface area contributed by atoms with E-state index in [4.69, 9.17) is 16.4 Å². The number of pyridine rings is 1. The summed E-state index contributed by atoms with van der Waals surface area (Å²) < 4.78 is 0. The van der Waals surface area contributed by atoms with Gasteiger partial charge in [0.25, 0.3) is 18.2 Å². The highest BCUT2D eigenvalue weighted by atomic mass is 35.5. The van der Waals surface area contributed by atoms with Crippen LogP contribution in [-0.2, 0) is 20.8 Å². The summed E-state index contributed by atoms with van der Waals surface area (Å²) in [6, 6.07) is 6.55. The van der Waals surface area contributed by atoms with Crippen LogP contribution in [0.25, 0.3) is 10.9 Å². The fourth-order valence-corrected chi connectivity index (χ4v) is 5.21. The molecule has 0 bridgehead atoms. The van der Waals surface area contributed by atoms with E-state index < -0.39 is 17.4 Å². The van der Waals surface area contributed by atoms with Crippen LogP contribution in [0.5, 0.6) is 5.75 Å². The van der Waals surface area contributed by atoms with Crippen LogP contribution in [-0.4, -0.2) is 57.1 Å². The Balaban J connectivity index is 1.95. The summed E-state index contributed by atoms with van der Waals surface area (Å²) >= 11 is 7.57. The quantitative estimate of drug-likeness (QED) is 0.336. The summed E-state index contributed by atoms with van der Waals surface area (Å²) in [5.41, 5.74) is -0.0778. The standard InChI is InChI=1S/C26H29ClN4O5S/c1-16-9-12-37-20(16)14-21(33)31(30(15-32)36-26(2,3)4)23-22(25(35)29-10-5-6-11-29)28-19-13-17(27)7-8-18(19)24(23)34/h7-9,12-13,15H,5-6,10-11,14H2,1-4H3,(H,28,34). The summed E-state index contributed by atoms with van der Waals surface area (Å²) in [5.74, 6) is -1.43. The second-order valence-electron chi connectivity index (χ2n) is 9.84. The van der Waals surface area contributed by atoms with Gasteiger partial charge in [-0.1, -0.05) is 11.6 Å². The zero-order chi connectivity index (χ0) is 26.9. The summed E-state index contributed by atoms with van der Waals surface area (Å²) in [4.78, 5) is 52.6. The van der Waals surface area contributed by atoms with E-state index in [1.54, 1.807) is 37.8 Å². The van der Waals surface area contributed by atoms with Crippen LogP contribution in [0.4, 0.5) is 5.69 Å². The molecule has 4 rings (SSSR count). The Morgan fingerprint density at radius 3 is 2.54 bits per heavy atom. The first-order chi connectivity index (χ1) is 17.5. The average Bonchev–Trinajstić information content (AvgIpc) is 3.50. The molecule has 3 amide bonds. The minimum Gasteiger partial charge on any atom is -0.505 e. The van der Waals surface area contributed by atoms with Crippen molar-refractivity contribution in [3.63, 3.8) is 0 Å². The highest BCUT2D eigenvalue weighted by molar-refractivity contribution is 7.10. The van der Waals surface area contributed by atoms with Gasteiger partial charge < -0.3 is 10.0 Å². The number of aromatic hydroxyl groups is 1. The minimum absolute atomic E-state index is 0.0865. The van der Waals surface area contributed by atoms with Crippen LogP contribution in [0.2, 0.25) is 5.02 Å². The van der Waals surface area contributed by atoms with E-state index in [1.165, 1.54) is 17.4 Å². The van der Waals surface area contributed by atoms with Crippen LogP contribution >= 0.6 is 22.9 Å². The Bertz CT molecular complexity index is 1350. The molecule has 0 radical (unpaired) electrons. The van der Waals surface area contributed by atoms with Crippen molar-refractivity contribution in [2.75, 3.05) is 18.1 Å². The lowest BCUT2D eigenvalue weighted by Crippen LogP contribution is -2.50. The molecule has 37 heavy (non-hydrogen) atoms. The summed E-state index contributed by atoms with van der Waals surface area (Å²) in [6.07, 6.45) is 1.91. The number of amides is 3. The van der Waals surface area contributed by atoms with Gasteiger partial charge in [0.2, 0.25) is 0 Å². The number of hydrogen-bond acceptors (Lipinski definition) is 7. The van der Waals surface area contributed by atoms with Gasteiger partial charge >= 0.3 is 0 Å². The van der Waals surface area contributed by atoms with Crippen molar-refractivity contribution in [3.8, 4) is 5.75 Å². The zero-order valence-electron chi connectivity index (χ0n) is 21.2. The third-order valence-corrected chi connectivity index (χ3v) is 7.13. The molecule has 0 atom stereocenters. The number of carbonyl (C=O) groups is 3. The molecule has 11 heteroatoms. The number of aromatic nitrogens is 1. The number of carbonyl (C=O) groups excluding carboxylic acids is 3. The predicted octanol–water partition coefficient (Wildman–Crippen LogP) is 4.88. The Morgan fingerprint density at radius 2 is 1.95 bits per heavy atom. The van der Waals surface area contributed by atoms with Crippen LogP contribution in [0.1, 0.15) is 54.5 Å². The van der Waals surface area contributed by atoms with Gasteiger partial charge in [-0.25, -0.2) is 9.82 Å². The first kappa shape index (κ1) is 26.8. The maximum absolute atomic E-state index is 13.9. The van der Waals surface area contributed by atoms with Gasteiger partial charge in [0.1, 0.15) is 5.69 Å². The number of anilines is 1. The van der Waals surface area contributed by atoms with Gasteiger partial charge in [0.15, 0.2) is 11.4 Å². The minimum atomic E-state index is -0.884. The molecule has 1 aliphatic heterocycles. The second-order valence-corrected chi connectivity index (χ2v) is 11.3. The van der Waals surface area contributed by atoms with Gasteiger partial charge in [-0.15, -0.1) is 16.5 Å². The number of thiophene rings is 1. The van der Waals surface area contributed by atoms with Crippen molar-refractivity contribution in [1.82, 2.24) is 15.1 Å². The Hall–Kier alpha value is -3.21. The van der Waals surface area contributed by atoms with Gasteiger partial charge in [-0.3, -0.25) is 14.4 Å². The monoisotopic (exact) mass is 544 g/mol. The molecule has 196 valence electrons. The van der Waals surface area contributed by atoms with E-state index in [-0.39, 0.29) is 34.5 Å². The lowest BCUT2D eigenvalue weighted by Gasteiger charge is -2.36. The average molecular weight is 545 g/mol. The fraction of sp³-hybridized carbons (Fsp3) is 0.385. The molecule has 0 aliphatic carbocycles. The molecule has 1 aliphatic rings. The first-order valence-corrected chi connectivity index (χ1v) is 13.2. The normalized spacial score (nSPS) is 13.7. The van der Waals surface area contributed by atoms with Crippen LogP contribution in [0.3, 0.4) is 0 Å². The fourth-order valence-electron chi connectivity index (χ4n) is 4.15. The van der Waals surface area contributed by atoms with E-state index in [1.807, 2.05) is 18.4 Å². The molecule has 1 N–H and O–H groups in total. The number of benzene rings is 1. The van der Waals surface area contributed by atoms with E-state index in [0.29, 0.717) is 24.5 Å². The van der Waals surface area contributed by atoms with Crippen molar-refractivity contribution in [1.29, 1.82) is 0 Å². The van der Waals surface area contributed by atoms with Crippen LogP contribution < -0.4 is 5.01 Å². The van der Waals surface area contributed by atoms with Crippen molar-refractivity contribution in [2.24, 2.45) is 0 Å². The van der Waals surface area contributed by atoms with Gasteiger partial charge in [0, 0.05) is 28.4 Å². The largest absolute Gasteiger partial charge is 0.505 e. The molecule has 0 spiro atoms. The molecular weight excluding hydrogens is 516 g/mol. The maximum Gasteiger partial charge on any atom is 0.274 e. The highest BCUT2D eigenvalue weighted by Crippen LogP contribution is 2.40. The number of hydroxylamine groups is 1. The lowest BCUT2D eigenvalue weighted by atomic mass is 10.1. The smallest absolute Gasteiger partial charge is 0.274 e. The molecule has 2 aromatic heterocycles. The Morgan fingerprint density at radius 1 is 1.24 bits per heavy atom. The summed E-state index contributed by atoms with van der Waals surface area (Å²) in [5, 5.41) is 15.7. The van der Waals surface area contributed by atoms with E-state index in [0.717, 1.165) is 33.5 Å². The number of aryl methyl sites for hydroxylation is 1. The Kier molecular flexibility index (Phi) is 7.72. The molecule has 3 heterocycles. The SMILES string of the molecule is Cc1ccsc1CC(=O)N(c1c(C(=O)N2CCCC2)nc2cc(Cl)ccc2c1O)N(C=O)OC(C)(C)C. The Labute approximate surface area is 224 Å². The molecular formula is C26H29ClN4O5S. The van der Waals surface area contributed by atoms with E-state index in [2.05, 4.69) is 4.98 Å². The number of hydrazine groups is 1. The molecule has 1 aromatic carbocycles. The number of hydrogen-bond donors (Lipinski definition) is 1. The number of halogens is 1. The third-order valence-electron chi connectivity index (χ3n) is 5.87. The number of rotatable bonds is 7. The third kappa shape index (κ3) is 5.71. The van der Waals surface area contributed by atoms with Crippen molar-refractivity contribution in [3.05, 3.63) is 50.8 Å². The van der Waals surface area contributed by atoms with Gasteiger partial charge in [-0.2, -0.15) is 5.01 Å². The van der Waals surface area contributed by atoms with Crippen molar-refractivity contribution >= 4 is 57.8 Å². The topological polar surface area (TPSA) is 103 Å². The molecule has 9 nitrogen and oxygen atoms in total. The first-order valence-electron chi connectivity index (χ1n) is 11.9. The molecule has 1 saturated heterocycles. The molecule has 1 fully saturated rings. The lowest BCUT2D eigenvalue weighted by molar-refractivity contribution is -0.221. The maximum atomic E-state index is 13.9. The van der Waals surface area contributed by atoms with Crippen molar-refractivity contribution in [2.45, 2.75) is 52.6 Å². The van der Waals surface area contributed by atoms with Crippen molar-refractivity contribution < 1.29 is 24.3 Å². The second kappa shape index (κ2) is 10.6. The summed E-state index contributed by atoms with van der Waals surface area (Å²) in [7, 11) is 0. The van der Waals surface area contributed by atoms with E-state index in [9.17, 15) is 19.5 Å². The zero-order valence-corrected chi connectivity index (χ0v) is 22.7. The van der Waals surface area contributed by atoms with Crippen LogP contribution in [0.15, 0.2) is 29.6 Å². The summed E-state index contributed by atoms with van der Waals surface area (Å²) in [6.45, 7) is 8.07. The number of fused-ring (bicyclic) bond motifs is 1. The molecule has 3 aromatic rings.